The molecule has 0 radical (unpaired) electrons. The Labute approximate surface area is 256 Å². The lowest BCUT2D eigenvalue weighted by Gasteiger charge is -2.47. The second kappa shape index (κ2) is 12.3. The maximum absolute atomic E-state index is 13.7. The molecule has 0 unspecified atom stereocenters. The van der Waals surface area contributed by atoms with Gasteiger partial charge in [0, 0.05) is 24.7 Å². The summed E-state index contributed by atoms with van der Waals surface area (Å²) in [6.07, 6.45) is -6.54. The van der Waals surface area contributed by atoms with Crippen LogP contribution < -0.4 is 16.1 Å². The van der Waals surface area contributed by atoms with Crippen molar-refractivity contribution in [3.05, 3.63) is 93.6 Å². The molecule has 1 amide bonds. The van der Waals surface area contributed by atoms with Gasteiger partial charge in [-0.2, -0.15) is 0 Å². The number of primary amides is 1. The predicted octanol–water partition coefficient (Wildman–Crippen LogP) is 4.39. The minimum atomic E-state index is -1.52. The van der Waals surface area contributed by atoms with E-state index >= 15 is 0 Å². The van der Waals surface area contributed by atoms with Gasteiger partial charge in [-0.1, -0.05) is 30.3 Å². The van der Waals surface area contributed by atoms with Gasteiger partial charge in [0.05, 0.1) is 16.6 Å². The molecule has 3 aromatic carbocycles. The third kappa shape index (κ3) is 6.25. The zero-order valence-electron chi connectivity index (χ0n) is 24.9. The molecule has 1 saturated heterocycles. The molecule has 1 aliphatic heterocycles. The van der Waals surface area contributed by atoms with Crippen LogP contribution in [-0.4, -0.2) is 59.4 Å². The van der Waals surface area contributed by atoms with Crippen LogP contribution in [0.3, 0.4) is 0 Å². The minimum absolute atomic E-state index is 0.0106. The van der Waals surface area contributed by atoms with Crippen molar-refractivity contribution in [1.29, 1.82) is 0 Å². The molecule has 1 fully saturated rings. The number of methoxy groups -OCH3 is 1. The first-order valence-electron chi connectivity index (χ1n) is 14.0. The molecule has 0 bridgehead atoms. The summed E-state index contributed by atoms with van der Waals surface area (Å²) in [5, 5.41) is 22.2. The SMILES string of the molecule is CO[C@@H]1[C@@H](OC(N)=O)[C@@H](O)[C@H](Oc2ccc3c(O)c(CC(=O)c4cccc(-c5cccc(F)c5)c4)c(=O)oc3c2C)OC1(C)C. The molecule has 0 aliphatic carbocycles. The van der Waals surface area contributed by atoms with Crippen molar-refractivity contribution in [3.63, 3.8) is 0 Å². The number of aliphatic hydroxyl groups is 1. The summed E-state index contributed by atoms with van der Waals surface area (Å²) in [7, 11) is 1.37. The van der Waals surface area contributed by atoms with Crippen molar-refractivity contribution in [2.45, 2.75) is 57.4 Å². The zero-order chi connectivity index (χ0) is 32.6. The number of halogens is 1. The molecular formula is C33H32FNO10. The highest BCUT2D eigenvalue weighted by Gasteiger charge is 2.53. The van der Waals surface area contributed by atoms with Crippen LogP contribution in [0.5, 0.6) is 11.5 Å². The van der Waals surface area contributed by atoms with Crippen LogP contribution in [0.25, 0.3) is 22.1 Å². The summed E-state index contributed by atoms with van der Waals surface area (Å²) in [6.45, 7) is 4.88. The minimum Gasteiger partial charge on any atom is -0.507 e. The summed E-state index contributed by atoms with van der Waals surface area (Å²) in [5.74, 6) is -1.17. The Bertz CT molecular complexity index is 1830. The van der Waals surface area contributed by atoms with E-state index < -0.39 is 65.7 Å². The predicted molar refractivity (Wildman–Crippen MR) is 160 cm³/mol. The zero-order valence-corrected chi connectivity index (χ0v) is 24.9. The van der Waals surface area contributed by atoms with Crippen LogP contribution in [0, 0.1) is 12.7 Å². The number of Topliss-reactive ketones (excluding diaryl/α,β-unsaturated/α-hetero) is 1. The van der Waals surface area contributed by atoms with Crippen molar-refractivity contribution in [3.8, 4) is 22.6 Å². The van der Waals surface area contributed by atoms with E-state index in [4.69, 9.17) is 29.1 Å². The van der Waals surface area contributed by atoms with Crippen LogP contribution in [0.1, 0.15) is 35.3 Å². The van der Waals surface area contributed by atoms with Gasteiger partial charge in [-0.25, -0.2) is 14.0 Å². The first-order chi connectivity index (χ1) is 21.3. The molecule has 12 heteroatoms. The lowest BCUT2D eigenvalue weighted by Crippen LogP contribution is -2.65. The van der Waals surface area contributed by atoms with E-state index in [0.29, 0.717) is 11.1 Å². The fourth-order valence-corrected chi connectivity index (χ4v) is 5.56. The lowest BCUT2D eigenvalue weighted by molar-refractivity contribution is -0.304. The van der Waals surface area contributed by atoms with Gasteiger partial charge in [-0.15, -0.1) is 0 Å². The monoisotopic (exact) mass is 621 g/mol. The van der Waals surface area contributed by atoms with E-state index in [1.807, 2.05) is 0 Å². The number of benzene rings is 3. The fraction of sp³-hybridized carbons (Fsp3) is 0.303. The Balaban J connectivity index is 1.42. The van der Waals surface area contributed by atoms with Gasteiger partial charge in [0.15, 0.2) is 18.0 Å². The Kier molecular flexibility index (Phi) is 8.66. The van der Waals surface area contributed by atoms with Gasteiger partial charge < -0.3 is 39.3 Å². The Morgan fingerprint density at radius 1 is 1.07 bits per heavy atom. The molecule has 4 atom stereocenters. The summed E-state index contributed by atoms with van der Waals surface area (Å²) < 4.78 is 41.7. The normalized spacial score (nSPS) is 20.9. The molecule has 11 nitrogen and oxygen atoms in total. The number of ether oxygens (including phenoxy) is 4. The first-order valence-corrected chi connectivity index (χ1v) is 14.0. The molecule has 4 aromatic rings. The van der Waals surface area contributed by atoms with Crippen molar-refractivity contribution in [1.82, 2.24) is 0 Å². The topological polar surface area (TPSA) is 168 Å². The lowest BCUT2D eigenvalue weighted by atomic mass is 9.89. The molecule has 1 aliphatic rings. The van der Waals surface area contributed by atoms with Crippen molar-refractivity contribution >= 4 is 22.8 Å². The average molecular weight is 622 g/mol. The van der Waals surface area contributed by atoms with Gasteiger partial charge in [-0.3, -0.25) is 4.79 Å². The van der Waals surface area contributed by atoms with Gasteiger partial charge >= 0.3 is 11.7 Å². The molecule has 0 saturated carbocycles. The molecular weight excluding hydrogens is 589 g/mol. The number of aryl methyl sites for hydroxylation is 1. The number of aliphatic hydroxyl groups excluding tert-OH is 1. The average Bonchev–Trinajstić information content (AvgIpc) is 2.99. The van der Waals surface area contributed by atoms with Gasteiger partial charge in [0.1, 0.15) is 29.0 Å². The van der Waals surface area contributed by atoms with Gasteiger partial charge in [0.2, 0.25) is 6.29 Å². The largest absolute Gasteiger partial charge is 0.507 e. The van der Waals surface area contributed by atoms with Crippen molar-refractivity contribution in [2.24, 2.45) is 5.73 Å². The molecule has 0 spiro atoms. The number of rotatable bonds is 8. The van der Waals surface area contributed by atoms with E-state index in [1.165, 1.54) is 31.4 Å². The van der Waals surface area contributed by atoms with E-state index in [9.17, 15) is 29.0 Å². The Hall–Kier alpha value is -4.78. The van der Waals surface area contributed by atoms with Crippen molar-refractivity contribution < 1.29 is 47.6 Å². The van der Waals surface area contributed by atoms with E-state index in [-0.39, 0.29) is 33.4 Å². The first kappa shape index (κ1) is 31.6. The number of ketones is 1. The number of hydrogen-bond acceptors (Lipinski definition) is 10. The second-order valence-electron chi connectivity index (χ2n) is 11.2. The number of fused-ring (bicyclic) bond motifs is 1. The molecule has 5 rings (SSSR count). The Morgan fingerprint density at radius 3 is 2.42 bits per heavy atom. The van der Waals surface area contributed by atoms with E-state index in [0.717, 1.165) is 0 Å². The van der Waals surface area contributed by atoms with Crippen LogP contribution in [0.15, 0.2) is 69.9 Å². The number of aromatic hydroxyl groups is 1. The summed E-state index contributed by atoms with van der Waals surface area (Å²) in [5.41, 5.74) is 4.68. The van der Waals surface area contributed by atoms with Gasteiger partial charge in [-0.05, 0) is 62.2 Å². The molecule has 1 aromatic heterocycles. The van der Waals surface area contributed by atoms with Crippen LogP contribution in [0.4, 0.5) is 9.18 Å². The molecule has 4 N–H and O–H groups in total. The maximum Gasteiger partial charge on any atom is 0.404 e. The van der Waals surface area contributed by atoms with Gasteiger partial charge in [0.25, 0.3) is 0 Å². The summed E-state index contributed by atoms with van der Waals surface area (Å²) in [4.78, 5) is 37.8. The smallest absolute Gasteiger partial charge is 0.404 e. The second-order valence-corrected chi connectivity index (χ2v) is 11.2. The fourth-order valence-electron chi connectivity index (χ4n) is 5.56. The van der Waals surface area contributed by atoms with Crippen molar-refractivity contribution in [2.75, 3.05) is 7.11 Å². The number of hydrogen-bond donors (Lipinski definition) is 3. The maximum atomic E-state index is 13.7. The highest BCUT2D eigenvalue weighted by atomic mass is 19.1. The standard InChI is InChI=1S/C33H32FNO10/c1-16-24(42-31-26(38)28(44-32(35)40)29(41-4)33(2,3)45-31)12-11-21-25(37)22(30(39)43-27(16)21)15-23(36)19-9-5-7-17(13-19)18-8-6-10-20(34)14-18/h5-14,26,28-29,31,37-38H,15H2,1-4H3,(H2,35,40)/t26-,28+,29-,31-/m1/s1. The number of amides is 1. The van der Waals surface area contributed by atoms with Crippen LogP contribution in [-0.2, 0) is 20.6 Å². The number of nitrogens with two attached hydrogens (primary N) is 1. The van der Waals surface area contributed by atoms with Crippen LogP contribution >= 0.6 is 0 Å². The highest BCUT2D eigenvalue weighted by Crippen LogP contribution is 2.38. The highest BCUT2D eigenvalue weighted by molar-refractivity contribution is 6.00. The number of carbonyl (C=O) groups is 2. The van der Waals surface area contributed by atoms with Crippen LogP contribution in [0.2, 0.25) is 0 Å². The molecule has 45 heavy (non-hydrogen) atoms. The number of carbonyl (C=O) groups excluding carboxylic acids is 2. The quantitative estimate of drug-likeness (QED) is 0.190. The summed E-state index contributed by atoms with van der Waals surface area (Å²) in [6, 6.07) is 15.4. The third-order valence-electron chi connectivity index (χ3n) is 7.79. The summed E-state index contributed by atoms with van der Waals surface area (Å²) >= 11 is 0. The third-order valence-corrected chi connectivity index (χ3v) is 7.79. The van der Waals surface area contributed by atoms with E-state index in [1.54, 1.807) is 57.2 Å². The Morgan fingerprint density at radius 2 is 1.76 bits per heavy atom. The van der Waals surface area contributed by atoms with E-state index in [2.05, 4.69) is 0 Å². The molecule has 236 valence electrons. The molecule has 2 heterocycles.